The summed E-state index contributed by atoms with van der Waals surface area (Å²) in [6, 6.07) is 15.4. The third-order valence-electron chi connectivity index (χ3n) is 5.79. The van der Waals surface area contributed by atoms with Crippen LogP contribution in [0, 0.1) is 5.92 Å². The first kappa shape index (κ1) is 19.9. The first-order valence-electron chi connectivity index (χ1n) is 9.80. The number of nitrogens with zero attached hydrogens (tertiary/aromatic N) is 1. The summed E-state index contributed by atoms with van der Waals surface area (Å²) in [5, 5.41) is 9.62. The molecule has 0 aliphatic heterocycles. The number of carbonyl (C=O) groups excluding carboxylic acids is 1. The maximum Gasteiger partial charge on any atom is 0.410 e. The number of hydrogen-bond donors (Lipinski definition) is 1. The Morgan fingerprint density at radius 1 is 1.00 bits per heavy atom. The van der Waals surface area contributed by atoms with E-state index in [0.717, 1.165) is 22.3 Å². The highest BCUT2D eigenvalue weighted by Crippen LogP contribution is 2.44. The van der Waals surface area contributed by atoms with E-state index in [4.69, 9.17) is 4.74 Å². The van der Waals surface area contributed by atoms with Crippen molar-refractivity contribution < 1.29 is 19.4 Å². The van der Waals surface area contributed by atoms with Crippen LogP contribution in [0.15, 0.2) is 48.5 Å². The molecule has 1 aliphatic rings. The molecule has 0 heterocycles. The molecule has 1 unspecified atom stereocenters. The largest absolute Gasteiger partial charge is 0.480 e. The van der Waals surface area contributed by atoms with Gasteiger partial charge in [0.25, 0.3) is 0 Å². The molecule has 1 N–H and O–H groups in total. The summed E-state index contributed by atoms with van der Waals surface area (Å²) in [6.45, 7) is 4.07. The topological polar surface area (TPSA) is 66.8 Å². The lowest BCUT2D eigenvalue weighted by Gasteiger charge is -2.30. The highest BCUT2D eigenvalue weighted by molar-refractivity contribution is 5.81. The third kappa shape index (κ3) is 3.61. The molecule has 1 aliphatic carbocycles. The quantitative estimate of drug-likeness (QED) is 0.751. The highest BCUT2D eigenvalue weighted by atomic mass is 16.6. The molecule has 0 fully saturated rings. The minimum atomic E-state index is -0.996. The Morgan fingerprint density at radius 2 is 1.50 bits per heavy atom. The smallest absolute Gasteiger partial charge is 0.410 e. The second-order valence-corrected chi connectivity index (χ2v) is 7.27. The van der Waals surface area contributed by atoms with Crippen molar-refractivity contribution in [1.82, 2.24) is 4.90 Å². The zero-order valence-corrected chi connectivity index (χ0v) is 16.6. The van der Waals surface area contributed by atoms with E-state index < -0.39 is 18.1 Å². The van der Waals surface area contributed by atoms with Gasteiger partial charge in [-0.1, -0.05) is 75.2 Å². The Balaban J connectivity index is 1.76. The van der Waals surface area contributed by atoms with E-state index in [9.17, 15) is 14.7 Å². The number of hydrogen-bond acceptors (Lipinski definition) is 3. The van der Waals surface area contributed by atoms with Crippen LogP contribution in [0.1, 0.15) is 43.7 Å². The molecule has 0 spiro atoms. The molecular formula is C23H27NO4. The molecule has 0 saturated carbocycles. The van der Waals surface area contributed by atoms with E-state index in [1.54, 1.807) is 0 Å². The fourth-order valence-corrected chi connectivity index (χ4v) is 4.23. The van der Waals surface area contributed by atoms with Crippen LogP contribution in [0.5, 0.6) is 0 Å². The van der Waals surface area contributed by atoms with Gasteiger partial charge in [0.15, 0.2) is 0 Å². The van der Waals surface area contributed by atoms with E-state index in [-0.39, 0.29) is 18.4 Å². The minimum absolute atomic E-state index is 0.0406. The molecule has 2 aromatic carbocycles. The Kier molecular flexibility index (Phi) is 6.02. The lowest BCUT2D eigenvalue weighted by Crippen LogP contribution is -2.47. The first-order chi connectivity index (χ1) is 13.5. The zero-order chi connectivity index (χ0) is 20.3. The summed E-state index contributed by atoms with van der Waals surface area (Å²) < 4.78 is 5.60. The van der Waals surface area contributed by atoms with Crippen molar-refractivity contribution in [3.63, 3.8) is 0 Å². The van der Waals surface area contributed by atoms with Gasteiger partial charge in [0.1, 0.15) is 12.6 Å². The van der Waals surface area contributed by atoms with Crippen LogP contribution in [0.25, 0.3) is 11.1 Å². The Bertz CT molecular complexity index is 814. The molecule has 1 atom stereocenters. The second kappa shape index (κ2) is 8.46. The normalized spacial score (nSPS) is 13.7. The Hall–Kier alpha value is -2.82. The minimum Gasteiger partial charge on any atom is -0.480 e. The molecule has 0 radical (unpaired) electrons. The molecule has 0 bridgehead atoms. The molecule has 28 heavy (non-hydrogen) atoms. The number of benzene rings is 2. The number of aliphatic carboxylic acids is 1. The predicted molar refractivity (Wildman–Crippen MR) is 108 cm³/mol. The summed E-state index contributed by atoms with van der Waals surface area (Å²) in [5.41, 5.74) is 4.59. The van der Waals surface area contributed by atoms with Crippen molar-refractivity contribution in [3.8, 4) is 11.1 Å². The fourth-order valence-electron chi connectivity index (χ4n) is 4.23. The molecule has 5 nitrogen and oxygen atoms in total. The number of carboxylic acid groups (broad SMARTS) is 1. The lowest BCUT2D eigenvalue weighted by atomic mass is 9.93. The summed E-state index contributed by atoms with van der Waals surface area (Å²) in [5.74, 6) is -1.14. The molecule has 0 saturated heterocycles. The van der Waals surface area contributed by atoms with Gasteiger partial charge in [0.05, 0.1) is 0 Å². The average molecular weight is 381 g/mol. The molecule has 3 rings (SSSR count). The van der Waals surface area contributed by atoms with Crippen LogP contribution in [-0.2, 0) is 9.53 Å². The van der Waals surface area contributed by atoms with E-state index >= 15 is 0 Å². The third-order valence-corrected chi connectivity index (χ3v) is 5.79. The number of amides is 1. The van der Waals surface area contributed by atoms with E-state index in [0.29, 0.717) is 12.8 Å². The zero-order valence-electron chi connectivity index (χ0n) is 16.6. The van der Waals surface area contributed by atoms with Crippen LogP contribution in [0.4, 0.5) is 4.79 Å². The molecule has 148 valence electrons. The maximum atomic E-state index is 12.6. The van der Waals surface area contributed by atoms with Gasteiger partial charge in [0, 0.05) is 13.0 Å². The second-order valence-electron chi connectivity index (χ2n) is 7.27. The van der Waals surface area contributed by atoms with Crippen molar-refractivity contribution in [2.45, 2.75) is 38.6 Å². The SMILES string of the molecule is CCC(CC)C(C(=O)O)N(C)C(=O)OCC1c2ccccc2-c2ccccc21. The standard InChI is InChI=1S/C23H27NO4/c1-4-15(5-2)21(22(25)26)24(3)23(27)28-14-20-18-12-8-6-10-16(18)17-11-7-9-13-19(17)20/h6-13,15,20-21H,4-5,14H2,1-3H3,(H,25,26). The van der Waals surface area contributed by atoms with Crippen LogP contribution in [-0.4, -0.2) is 41.8 Å². The fraction of sp³-hybridized carbons (Fsp3) is 0.391. The van der Waals surface area contributed by atoms with Gasteiger partial charge in [-0.25, -0.2) is 9.59 Å². The van der Waals surface area contributed by atoms with E-state index in [1.807, 2.05) is 38.1 Å². The number of carboxylic acids is 1. The average Bonchev–Trinajstić information content (AvgIpc) is 3.03. The van der Waals surface area contributed by atoms with Gasteiger partial charge < -0.3 is 9.84 Å². The summed E-state index contributed by atoms with van der Waals surface area (Å²) >= 11 is 0. The number of ether oxygens (including phenoxy) is 1. The van der Waals surface area contributed by atoms with Gasteiger partial charge in [-0.2, -0.15) is 0 Å². The monoisotopic (exact) mass is 381 g/mol. The molecular weight excluding hydrogens is 354 g/mol. The predicted octanol–water partition coefficient (Wildman–Crippen LogP) is 4.76. The van der Waals surface area contributed by atoms with Crippen LogP contribution < -0.4 is 0 Å². The maximum absolute atomic E-state index is 12.6. The van der Waals surface area contributed by atoms with Gasteiger partial charge in [-0.15, -0.1) is 0 Å². The number of carbonyl (C=O) groups is 2. The van der Waals surface area contributed by atoms with Crippen molar-refractivity contribution in [2.24, 2.45) is 5.92 Å². The van der Waals surface area contributed by atoms with Gasteiger partial charge in [-0.3, -0.25) is 4.90 Å². The molecule has 5 heteroatoms. The van der Waals surface area contributed by atoms with Crippen molar-refractivity contribution in [3.05, 3.63) is 59.7 Å². The van der Waals surface area contributed by atoms with Gasteiger partial charge in [-0.05, 0) is 28.2 Å². The Labute approximate surface area is 165 Å². The summed E-state index contributed by atoms with van der Waals surface area (Å²) in [4.78, 5) is 25.6. The molecule has 0 aromatic heterocycles. The van der Waals surface area contributed by atoms with Crippen LogP contribution in [0.3, 0.4) is 0 Å². The summed E-state index contributed by atoms with van der Waals surface area (Å²) in [7, 11) is 1.51. The van der Waals surface area contributed by atoms with Gasteiger partial charge in [0.2, 0.25) is 0 Å². The number of rotatable bonds is 7. The van der Waals surface area contributed by atoms with E-state index in [1.165, 1.54) is 11.9 Å². The highest BCUT2D eigenvalue weighted by Gasteiger charge is 2.35. The number of likely N-dealkylation sites (N-methyl/N-ethyl adjacent to an activating group) is 1. The van der Waals surface area contributed by atoms with Crippen molar-refractivity contribution in [2.75, 3.05) is 13.7 Å². The van der Waals surface area contributed by atoms with Crippen molar-refractivity contribution in [1.29, 1.82) is 0 Å². The molecule has 2 aromatic rings. The van der Waals surface area contributed by atoms with Crippen LogP contribution >= 0.6 is 0 Å². The van der Waals surface area contributed by atoms with Crippen molar-refractivity contribution >= 4 is 12.1 Å². The van der Waals surface area contributed by atoms with E-state index in [2.05, 4.69) is 24.3 Å². The number of fused-ring (bicyclic) bond motifs is 3. The van der Waals surface area contributed by atoms with Crippen LogP contribution in [0.2, 0.25) is 0 Å². The molecule has 1 amide bonds. The van der Waals surface area contributed by atoms with Gasteiger partial charge >= 0.3 is 12.1 Å². The summed E-state index contributed by atoms with van der Waals surface area (Å²) in [6.07, 6.45) is 0.782. The first-order valence-corrected chi connectivity index (χ1v) is 9.80. The lowest BCUT2D eigenvalue weighted by molar-refractivity contribution is -0.144. The Morgan fingerprint density at radius 3 is 1.96 bits per heavy atom.